The second-order valence-electron chi connectivity index (χ2n) is 3.60. The SMILES string of the molecule is Cl.NC1CCC1C1CCC1. The summed E-state index contributed by atoms with van der Waals surface area (Å²) in [4.78, 5) is 0. The molecule has 2 N–H and O–H groups in total. The van der Waals surface area contributed by atoms with Crippen LogP contribution < -0.4 is 5.73 Å². The van der Waals surface area contributed by atoms with Gasteiger partial charge in [0.15, 0.2) is 0 Å². The Morgan fingerprint density at radius 1 is 1.00 bits per heavy atom. The summed E-state index contributed by atoms with van der Waals surface area (Å²) in [6, 6.07) is 0.579. The van der Waals surface area contributed by atoms with Crippen LogP contribution in [-0.4, -0.2) is 6.04 Å². The Hall–Kier alpha value is 0.250. The Bertz CT molecular complexity index is 112. The fraction of sp³-hybridized carbons (Fsp3) is 1.00. The van der Waals surface area contributed by atoms with E-state index in [0.717, 1.165) is 11.8 Å². The number of hydrogen-bond acceptors (Lipinski definition) is 1. The minimum Gasteiger partial charge on any atom is -0.327 e. The first kappa shape index (κ1) is 8.35. The maximum Gasteiger partial charge on any atom is 0.00699 e. The van der Waals surface area contributed by atoms with Crippen molar-refractivity contribution in [3.63, 3.8) is 0 Å². The van der Waals surface area contributed by atoms with E-state index in [1.807, 2.05) is 0 Å². The Morgan fingerprint density at radius 3 is 1.80 bits per heavy atom. The van der Waals surface area contributed by atoms with Gasteiger partial charge in [-0.25, -0.2) is 0 Å². The van der Waals surface area contributed by atoms with Crippen LogP contribution >= 0.6 is 12.4 Å². The van der Waals surface area contributed by atoms with Gasteiger partial charge in [0.2, 0.25) is 0 Å². The fourth-order valence-corrected chi connectivity index (χ4v) is 2.00. The highest BCUT2D eigenvalue weighted by molar-refractivity contribution is 5.85. The third-order valence-electron chi connectivity index (χ3n) is 3.14. The standard InChI is InChI=1S/C8H15N.ClH/c9-8-5-4-7(8)6-2-1-3-6;/h6-8H,1-5,9H2;1H. The molecule has 1 nitrogen and oxygen atoms in total. The van der Waals surface area contributed by atoms with Gasteiger partial charge in [-0.2, -0.15) is 0 Å². The molecular formula is C8H16ClN. The molecule has 0 aromatic heterocycles. The molecule has 0 spiro atoms. The van der Waals surface area contributed by atoms with E-state index in [9.17, 15) is 0 Å². The highest BCUT2D eigenvalue weighted by Crippen LogP contribution is 2.42. The zero-order valence-electron chi connectivity index (χ0n) is 6.25. The van der Waals surface area contributed by atoms with E-state index in [1.165, 1.54) is 32.1 Å². The zero-order chi connectivity index (χ0) is 6.27. The lowest BCUT2D eigenvalue weighted by molar-refractivity contribution is 0.103. The van der Waals surface area contributed by atoms with Crippen molar-refractivity contribution in [2.75, 3.05) is 0 Å². The number of nitrogens with two attached hydrogens (primary N) is 1. The van der Waals surface area contributed by atoms with Crippen molar-refractivity contribution >= 4 is 12.4 Å². The Morgan fingerprint density at radius 2 is 1.70 bits per heavy atom. The van der Waals surface area contributed by atoms with Crippen molar-refractivity contribution in [1.82, 2.24) is 0 Å². The molecule has 0 heterocycles. The number of rotatable bonds is 1. The molecule has 0 saturated heterocycles. The molecule has 2 rings (SSSR count). The molecule has 2 aliphatic rings. The van der Waals surface area contributed by atoms with Crippen molar-refractivity contribution in [2.45, 2.75) is 38.1 Å². The third kappa shape index (κ3) is 1.17. The van der Waals surface area contributed by atoms with E-state index in [4.69, 9.17) is 5.73 Å². The highest BCUT2D eigenvalue weighted by atomic mass is 35.5. The average molecular weight is 162 g/mol. The third-order valence-corrected chi connectivity index (χ3v) is 3.14. The van der Waals surface area contributed by atoms with Crippen LogP contribution in [0.2, 0.25) is 0 Å². The number of halogens is 1. The van der Waals surface area contributed by atoms with E-state index in [0.29, 0.717) is 6.04 Å². The maximum atomic E-state index is 5.83. The zero-order valence-corrected chi connectivity index (χ0v) is 7.07. The molecular weight excluding hydrogens is 146 g/mol. The van der Waals surface area contributed by atoms with Gasteiger partial charge in [0.1, 0.15) is 0 Å². The summed E-state index contributed by atoms with van der Waals surface area (Å²) in [7, 11) is 0. The van der Waals surface area contributed by atoms with Gasteiger partial charge in [0, 0.05) is 6.04 Å². The smallest absolute Gasteiger partial charge is 0.00699 e. The molecule has 2 atom stereocenters. The summed E-state index contributed by atoms with van der Waals surface area (Å²) >= 11 is 0. The minimum absolute atomic E-state index is 0. The normalized spacial score (nSPS) is 39.3. The molecule has 10 heavy (non-hydrogen) atoms. The van der Waals surface area contributed by atoms with Crippen LogP contribution in [0, 0.1) is 11.8 Å². The molecule has 2 heteroatoms. The summed E-state index contributed by atoms with van der Waals surface area (Å²) < 4.78 is 0. The van der Waals surface area contributed by atoms with Crippen molar-refractivity contribution in [3.05, 3.63) is 0 Å². The van der Waals surface area contributed by atoms with Gasteiger partial charge >= 0.3 is 0 Å². The van der Waals surface area contributed by atoms with Crippen molar-refractivity contribution in [3.8, 4) is 0 Å². The summed E-state index contributed by atoms with van der Waals surface area (Å²) in [6.07, 6.45) is 7.12. The molecule has 0 aromatic rings. The van der Waals surface area contributed by atoms with Crippen LogP contribution in [0.25, 0.3) is 0 Å². The molecule has 2 aliphatic carbocycles. The fourth-order valence-electron chi connectivity index (χ4n) is 2.00. The number of hydrogen-bond donors (Lipinski definition) is 1. The van der Waals surface area contributed by atoms with E-state index in [1.54, 1.807) is 0 Å². The van der Waals surface area contributed by atoms with Gasteiger partial charge < -0.3 is 5.73 Å². The predicted molar refractivity (Wildman–Crippen MR) is 45.3 cm³/mol. The van der Waals surface area contributed by atoms with Crippen molar-refractivity contribution in [1.29, 1.82) is 0 Å². The second kappa shape index (κ2) is 3.10. The maximum absolute atomic E-state index is 5.83. The molecule has 60 valence electrons. The van der Waals surface area contributed by atoms with E-state index in [2.05, 4.69) is 0 Å². The largest absolute Gasteiger partial charge is 0.327 e. The second-order valence-corrected chi connectivity index (χ2v) is 3.60. The topological polar surface area (TPSA) is 26.0 Å². The Kier molecular flexibility index (Phi) is 2.59. The molecule has 2 fully saturated rings. The lowest BCUT2D eigenvalue weighted by Gasteiger charge is -2.43. The summed E-state index contributed by atoms with van der Waals surface area (Å²) in [5.41, 5.74) is 5.83. The molecule has 0 bridgehead atoms. The lowest BCUT2D eigenvalue weighted by Crippen LogP contribution is -2.45. The molecule has 0 radical (unpaired) electrons. The molecule has 0 aromatic carbocycles. The summed E-state index contributed by atoms with van der Waals surface area (Å²) in [5, 5.41) is 0. The summed E-state index contributed by atoms with van der Waals surface area (Å²) in [5.74, 6) is 1.97. The predicted octanol–water partition coefficient (Wildman–Crippen LogP) is 1.95. The van der Waals surface area contributed by atoms with Gasteiger partial charge in [-0.3, -0.25) is 0 Å². The van der Waals surface area contributed by atoms with Gasteiger partial charge in [-0.15, -0.1) is 12.4 Å². The molecule has 2 saturated carbocycles. The highest BCUT2D eigenvalue weighted by Gasteiger charge is 2.36. The molecule has 0 aliphatic heterocycles. The Balaban J connectivity index is 0.000000500. The van der Waals surface area contributed by atoms with Crippen LogP contribution in [0.3, 0.4) is 0 Å². The van der Waals surface area contributed by atoms with Crippen molar-refractivity contribution < 1.29 is 0 Å². The van der Waals surface area contributed by atoms with Crippen LogP contribution in [0.5, 0.6) is 0 Å². The Labute approximate surface area is 68.8 Å². The van der Waals surface area contributed by atoms with E-state index in [-0.39, 0.29) is 12.4 Å². The first-order valence-electron chi connectivity index (χ1n) is 4.13. The first-order valence-corrected chi connectivity index (χ1v) is 4.13. The first-order chi connectivity index (χ1) is 4.38. The van der Waals surface area contributed by atoms with Gasteiger partial charge in [-0.1, -0.05) is 19.3 Å². The van der Waals surface area contributed by atoms with Crippen LogP contribution in [0.15, 0.2) is 0 Å². The van der Waals surface area contributed by atoms with E-state index < -0.39 is 0 Å². The molecule has 0 amide bonds. The quantitative estimate of drug-likeness (QED) is 0.625. The van der Waals surface area contributed by atoms with Crippen LogP contribution in [0.1, 0.15) is 32.1 Å². The van der Waals surface area contributed by atoms with Gasteiger partial charge in [0.05, 0.1) is 0 Å². The van der Waals surface area contributed by atoms with E-state index >= 15 is 0 Å². The van der Waals surface area contributed by atoms with Crippen LogP contribution in [0.4, 0.5) is 0 Å². The molecule has 2 unspecified atom stereocenters. The minimum atomic E-state index is 0. The average Bonchev–Trinajstić information content (AvgIpc) is 1.74. The summed E-state index contributed by atoms with van der Waals surface area (Å²) in [6.45, 7) is 0. The van der Waals surface area contributed by atoms with Crippen molar-refractivity contribution in [2.24, 2.45) is 17.6 Å². The monoisotopic (exact) mass is 161 g/mol. The van der Waals surface area contributed by atoms with Crippen LogP contribution in [-0.2, 0) is 0 Å². The lowest BCUT2D eigenvalue weighted by atomic mass is 9.64. The van der Waals surface area contributed by atoms with Gasteiger partial charge in [-0.05, 0) is 24.7 Å². The van der Waals surface area contributed by atoms with Gasteiger partial charge in [0.25, 0.3) is 0 Å².